The summed E-state index contributed by atoms with van der Waals surface area (Å²) >= 11 is 0. The molecule has 1 aliphatic carbocycles. The molecule has 0 spiro atoms. The van der Waals surface area contributed by atoms with Crippen LogP contribution in [-0.4, -0.2) is 29.1 Å². The SMILES string of the molecule is CCC(C)(C)N1CC2CC1(CN)C2. The van der Waals surface area contributed by atoms with Crippen molar-refractivity contribution in [2.75, 3.05) is 13.1 Å². The zero-order chi connectivity index (χ0) is 9.69. The first-order chi connectivity index (χ1) is 6.04. The van der Waals surface area contributed by atoms with Gasteiger partial charge in [0, 0.05) is 24.2 Å². The Labute approximate surface area is 81.5 Å². The van der Waals surface area contributed by atoms with Crippen LogP contribution in [0.15, 0.2) is 0 Å². The molecule has 76 valence electrons. The maximum atomic E-state index is 5.91. The molecular formula is C11H22N2. The zero-order valence-corrected chi connectivity index (χ0v) is 9.14. The first-order valence-electron chi connectivity index (χ1n) is 5.52. The van der Waals surface area contributed by atoms with Crippen molar-refractivity contribution in [1.29, 1.82) is 0 Å². The van der Waals surface area contributed by atoms with Gasteiger partial charge in [-0.15, -0.1) is 0 Å². The number of hydrogen-bond donors (Lipinski definition) is 1. The van der Waals surface area contributed by atoms with Crippen molar-refractivity contribution in [2.24, 2.45) is 11.7 Å². The van der Waals surface area contributed by atoms with E-state index in [1.54, 1.807) is 0 Å². The molecule has 2 nitrogen and oxygen atoms in total. The molecule has 0 aromatic heterocycles. The van der Waals surface area contributed by atoms with Gasteiger partial charge < -0.3 is 5.73 Å². The highest BCUT2D eigenvalue weighted by Crippen LogP contribution is 2.53. The molecule has 0 amide bonds. The lowest BCUT2D eigenvalue weighted by atomic mass is 9.72. The summed E-state index contributed by atoms with van der Waals surface area (Å²) in [5, 5.41) is 0. The molecule has 3 fully saturated rings. The average Bonchev–Trinajstić information content (AvgIpc) is 2.57. The molecule has 2 heteroatoms. The molecule has 0 aromatic rings. The molecule has 0 radical (unpaired) electrons. The fraction of sp³-hybridized carbons (Fsp3) is 1.00. The van der Waals surface area contributed by atoms with E-state index in [0.717, 1.165) is 12.5 Å². The van der Waals surface area contributed by atoms with Gasteiger partial charge in [0.05, 0.1) is 0 Å². The van der Waals surface area contributed by atoms with Crippen LogP contribution in [0.5, 0.6) is 0 Å². The summed E-state index contributed by atoms with van der Waals surface area (Å²) in [6.07, 6.45) is 3.93. The molecule has 0 aromatic carbocycles. The predicted octanol–water partition coefficient (Wildman–Crippen LogP) is 1.60. The topological polar surface area (TPSA) is 29.3 Å². The molecule has 1 saturated carbocycles. The highest BCUT2D eigenvalue weighted by molar-refractivity contribution is 5.14. The molecule has 3 rings (SSSR count). The first kappa shape index (κ1) is 9.47. The average molecular weight is 182 g/mol. The molecule has 2 bridgehead atoms. The van der Waals surface area contributed by atoms with Gasteiger partial charge in [0.1, 0.15) is 0 Å². The van der Waals surface area contributed by atoms with Crippen LogP contribution >= 0.6 is 0 Å². The Morgan fingerprint density at radius 3 is 2.54 bits per heavy atom. The standard InChI is InChI=1S/C11H22N2/c1-4-10(2,3)13-7-9-5-11(13,6-9)8-12/h9H,4-8,12H2,1-3H3. The highest BCUT2D eigenvalue weighted by atomic mass is 15.3. The Hall–Kier alpha value is -0.0800. The molecule has 2 heterocycles. The second-order valence-electron chi connectivity index (χ2n) is 5.48. The van der Waals surface area contributed by atoms with Gasteiger partial charge in [-0.1, -0.05) is 6.92 Å². The van der Waals surface area contributed by atoms with E-state index in [2.05, 4.69) is 25.7 Å². The van der Waals surface area contributed by atoms with E-state index in [4.69, 9.17) is 5.73 Å². The smallest absolute Gasteiger partial charge is 0.0343 e. The van der Waals surface area contributed by atoms with Crippen LogP contribution in [0.3, 0.4) is 0 Å². The Kier molecular flexibility index (Phi) is 1.97. The molecule has 0 unspecified atom stereocenters. The van der Waals surface area contributed by atoms with Crippen LogP contribution in [0.1, 0.15) is 40.0 Å². The molecule has 2 saturated heterocycles. The van der Waals surface area contributed by atoms with Crippen molar-refractivity contribution < 1.29 is 0 Å². The Balaban J connectivity index is 2.16. The summed E-state index contributed by atoms with van der Waals surface area (Å²) in [5.41, 5.74) is 6.65. The van der Waals surface area contributed by atoms with Crippen LogP contribution in [0.2, 0.25) is 0 Å². The van der Waals surface area contributed by atoms with Gasteiger partial charge in [0.2, 0.25) is 0 Å². The van der Waals surface area contributed by atoms with E-state index in [1.165, 1.54) is 25.8 Å². The number of hydrogen-bond acceptors (Lipinski definition) is 2. The van der Waals surface area contributed by atoms with Crippen LogP contribution in [0.4, 0.5) is 0 Å². The largest absolute Gasteiger partial charge is 0.329 e. The van der Waals surface area contributed by atoms with Gasteiger partial charge in [-0.2, -0.15) is 0 Å². The predicted molar refractivity (Wildman–Crippen MR) is 55.6 cm³/mol. The highest BCUT2D eigenvalue weighted by Gasteiger charge is 2.58. The van der Waals surface area contributed by atoms with E-state index in [0.29, 0.717) is 11.1 Å². The van der Waals surface area contributed by atoms with Crippen molar-refractivity contribution >= 4 is 0 Å². The van der Waals surface area contributed by atoms with E-state index >= 15 is 0 Å². The number of rotatable bonds is 3. The lowest BCUT2D eigenvalue weighted by Crippen LogP contribution is -2.58. The van der Waals surface area contributed by atoms with Crippen molar-refractivity contribution in [2.45, 2.75) is 51.1 Å². The van der Waals surface area contributed by atoms with Gasteiger partial charge in [-0.3, -0.25) is 4.90 Å². The summed E-state index contributed by atoms with van der Waals surface area (Å²) in [6.45, 7) is 9.13. The minimum absolute atomic E-state index is 0.352. The summed E-state index contributed by atoms with van der Waals surface area (Å²) in [5.74, 6) is 0.953. The number of nitrogens with two attached hydrogens (primary N) is 1. The fourth-order valence-corrected chi connectivity index (χ4v) is 3.17. The minimum atomic E-state index is 0.352. The fourth-order valence-electron chi connectivity index (χ4n) is 3.17. The van der Waals surface area contributed by atoms with Crippen LogP contribution in [0, 0.1) is 5.92 Å². The van der Waals surface area contributed by atoms with Gasteiger partial charge in [-0.25, -0.2) is 0 Å². The van der Waals surface area contributed by atoms with Gasteiger partial charge in [0.15, 0.2) is 0 Å². The van der Waals surface area contributed by atoms with Gasteiger partial charge in [0.25, 0.3) is 0 Å². The normalized spacial score (nSPS) is 39.2. The lowest BCUT2D eigenvalue weighted by molar-refractivity contribution is 0.0307. The van der Waals surface area contributed by atoms with Crippen molar-refractivity contribution in [3.8, 4) is 0 Å². The third-order valence-electron chi connectivity index (χ3n) is 4.33. The maximum Gasteiger partial charge on any atom is 0.0343 e. The van der Waals surface area contributed by atoms with E-state index in [9.17, 15) is 0 Å². The third kappa shape index (κ3) is 1.15. The van der Waals surface area contributed by atoms with Crippen LogP contribution in [-0.2, 0) is 0 Å². The van der Waals surface area contributed by atoms with Crippen molar-refractivity contribution in [3.63, 3.8) is 0 Å². The molecule has 0 atom stereocenters. The molecular weight excluding hydrogens is 160 g/mol. The van der Waals surface area contributed by atoms with Crippen molar-refractivity contribution in [1.82, 2.24) is 4.90 Å². The second-order valence-corrected chi connectivity index (χ2v) is 5.48. The van der Waals surface area contributed by atoms with Crippen LogP contribution < -0.4 is 5.73 Å². The lowest BCUT2D eigenvalue weighted by Gasteiger charge is -2.48. The minimum Gasteiger partial charge on any atom is -0.329 e. The molecule has 2 aliphatic heterocycles. The van der Waals surface area contributed by atoms with Crippen LogP contribution in [0.25, 0.3) is 0 Å². The Morgan fingerprint density at radius 2 is 2.08 bits per heavy atom. The quantitative estimate of drug-likeness (QED) is 0.718. The molecule has 2 N–H and O–H groups in total. The van der Waals surface area contributed by atoms with E-state index < -0.39 is 0 Å². The van der Waals surface area contributed by atoms with Gasteiger partial charge in [-0.05, 0) is 39.0 Å². The number of fused-ring (bicyclic) bond motifs is 1. The van der Waals surface area contributed by atoms with E-state index in [1.807, 2.05) is 0 Å². The molecule has 3 aliphatic rings. The molecule has 13 heavy (non-hydrogen) atoms. The zero-order valence-electron chi connectivity index (χ0n) is 9.14. The summed E-state index contributed by atoms with van der Waals surface area (Å²) < 4.78 is 0. The summed E-state index contributed by atoms with van der Waals surface area (Å²) in [7, 11) is 0. The maximum absolute atomic E-state index is 5.91. The van der Waals surface area contributed by atoms with E-state index in [-0.39, 0.29) is 0 Å². The number of nitrogens with zero attached hydrogens (tertiary/aromatic N) is 1. The Bertz CT molecular complexity index is 204. The second kappa shape index (κ2) is 2.71. The third-order valence-corrected chi connectivity index (χ3v) is 4.33. The Morgan fingerprint density at radius 1 is 1.46 bits per heavy atom. The van der Waals surface area contributed by atoms with Gasteiger partial charge >= 0.3 is 0 Å². The monoisotopic (exact) mass is 182 g/mol. The first-order valence-corrected chi connectivity index (χ1v) is 5.52. The summed E-state index contributed by atoms with van der Waals surface area (Å²) in [6, 6.07) is 0. The van der Waals surface area contributed by atoms with Crippen molar-refractivity contribution in [3.05, 3.63) is 0 Å². The summed E-state index contributed by atoms with van der Waals surface area (Å²) in [4.78, 5) is 2.67.